The van der Waals surface area contributed by atoms with E-state index >= 15 is 0 Å². The van der Waals surface area contributed by atoms with Crippen molar-refractivity contribution in [1.29, 1.82) is 0 Å². The summed E-state index contributed by atoms with van der Waals surface area (Å²) in [4.78, 5) is 13.0. The van der Waals surface area contributed by atoms with E-state index in [9.17, 15) is 4.79 Å². The van der Waals surface area contributed by atoms with Crippen molar-refractivity contribution in [3.63, 3.8) is 0 Å². The predicted octanol–water partition coefficient (Wildman–Crippen LogP) is 3.42. The van der Waals surface area contributed by atoms with Crippen molar-refractivity contribution in [2.45, 2.75) is 19.6 Å². The van der Waals surface area contributed by atoms with Gasteiger partial charge in [0.2, 0.25) is 0 Å². The number of aromatic carboxylic acids is 1. The number of carboxylic acids is 1. The van der Waals surface area contributed by atoms with Gasteiger partial charge in [0, 0.05) is 19.7 Å². The van der Waals surface area contributed by atoms with Gasteiger partial charge in [-0.25, -0.2) is 4.79 Å². The molecule has 0 atom stereocenters. The van der Waals surface area contributed by atoms with Crippen LogP contribution in [0.2, 0.25) is 0 Å². The summed E-state index contributed by atoms with van der Waals surface area (Å²) >= 11 is 0. The van der Waals surface area contributed by atoms with Gasteiger partial charge in [0.05, 0.1) is 12.2 Å². The van der Waals surface area contributed by atoms with Crippen molar-refractivity contribution in [3.05, 3.63) is 71.3 Å². The lowest BCUT2D eigenvalue weighted by atomic mass is 10.1. The van der Waals surface area contributed by atoms with Gasteiger partial charge in [0.25, 0.3) is 0 Å². The third-order valence-corrected chi connectivity index (χ3v) is 3.59. The molecule has 122 valence electrons. The number of ether oxygens (including phenoxy) is 1. The normalized spacial score (nSPS) is 10.9. The van der Waals surface area contributed by atoms with Crippen molar-refractivity contribution < 1.29 is 14.6 Å². The highest BCUT2D eigenvalue weighted by Gasteiger charge is 2.04. The third kappa shape index (κ3) is 6.22. The zero-order chi connectivity index (χ0) is 16.5. The fourth-order valence-corrected chi connectivity index (χ4v) is 2.34. The minimum atomic E-state index is -0.888. The van der Waals surface area contributed by atoms with Gasteiger partial charge in [0.1, 0.15) is 0 Å². The molecule has 0 aliphatic rings. The van der Waals surface area contributed by atoms with E-state index in [1.54, 1.807) is 12.1 Å². The molecule has 23 heavy (non-hydrogen) atoms. The van der Waals surface area contributed by atoms with Gasteiger partial charge in [-0.1, -0.05) is 42.5 Å². The molecule has 2 aromatic rings. The molecule has 0 bridgehead atoms. The molecule has 4 heteroatoms. The Kier molecular flexibility index (Phi) is 6.78. The first-order chi connectivity index (χ1) is 11.1. The van der Waals surface area contributed by atoms with Crippen LogP contribution in [0.4, 0.5) is 0 Å². The van der Waals surface area contributed by atoms with Crippen LogP contribution in [0.5, 0.6) is 0 Å². The number of hydrogen-bond acceptors (Lipinski definition) is 3. The highest BCUT2D eigenvalue weighted by atomic mass is 16.5. The van der Waals surface area contributed by atoms with Crippen LogP contribution in [0.15, 0.2) is 54.6 Å². The quantitative estimate of drug-likeness (QED) is 0.721. The van der Waals surface area contributed by atoms with E-state index in [-0.39, 0.29) is 0 Å². The average Bonchev–Trinajstić information content (AvgIpc) is 2.56. The van der Waals surface area contributed by atoms with E-state index in [0.717, 1.165) is 31.7 Å². The molecule has 2 rings (SSSR count). The topological polar surface area (TPSA) is 49.8 Å². The molecule has 0 unspecified atom stereocenters. The van der Waals surface area contributed by atoms with Crippen LogP contribution in [0, 0.1) is 0 Å². The van der Waals surface area contributed by atoms with Crippen LogP contribution in [-0.4, -0.2) is 36.2 Å². The number of hydrogen-bond donors (Lipinski definition) is 1. The highest BCUT2D eigenvalue weighted by Crippen LogP contribution is 2.07. The molecule has 0 aromatic heterocycles. The number of carbonyl (C=O) groups is 1. The Labute approximate surface area is 137 Å². The van der Waals surface area contributed by atoms with Crippen LogP contribution in [0.1, 0.15) is 27.9 Å². The van der Waals surface area contributed by atoms with Crippen LogP contribution in [0.25, 0.3) is 0 Å². The number of nitrogens with zero attached hydrogens (tertiary/aromatic N) is 1. The molecule has 0 aliphatic heterocycles. The van der Waals surface area contributed by atoms with Crippen molar-refractivity contribution in [2.75, 3.05) is 20.2 Å². The first kappa shape index (κ1) is 17.2. The maximum absolute atomic E-state index is 10.8. The molecule has 0 amide bonds. The van der Waals surface area contributed by atoms with E-state index in [4.69, 9.17) is 9.84 Å². The van der Waals surface area contributed by atoms with E-state index in [2.05, 4.69) is 24.1 Å². The molecular formula is C19H23NO3. The average molecular weight is 313 g/mol. The van der Waals surface area contributed by atoms with E-state index in [0.29, 0.717) is 12.2 Å². The summed E-state index contributed by atoms with van der Waals surface area (Å²) in [6.45, 7) is 3.13. The van der Waals surface area contributed by atoms with Crippen LogP contribution >= 0.6 is 0 Å². The van der Waals surface area contributed by atoms with Crippen LogP contribution in [-0.2, 0) is 17.9 Å². The summed E-state index contributed by atoms with van der Waals surface area (Å²) in [7, 11) is 2.06. The SMILES string of the molecule is CN(CCCOCc1ccccc1)Cc1ccc(C(=O)O)cc1. The maximum atomic E-state index is 10.8. The molecular weight excluding hydrogens is 290 g/mol. The first-order valence-corrected chi connectivity index (χ1v) is 7.77. The molecule has 0 aliphatic carbocycles. The van der Waals surface area contributed by atoms with E-state index < -0.39 is 5.97 Å². The minimum Gasteiger partial charge on any atom is -0.478 e. The number of carboxylic acid groups (broad SMARTS) is 1. The second kappa shape index (κ2) is 9.08. The summed E-state index contributed by atoms with van der Waals surface area (Å²) < 4.78 is 5.67. The summed E-state index contributed by atoms with van der Waals surface area (Å²) in [5.74, 6) is -0.888. The van der Waals surface area contributed by atoms with Gasteiger partial charge in [-0.15, -0.1) is 0 Å². The second-order valence-corrected chi connectivity index (χ2v) is 5.63. The Morgan fingerprint density at radius 2 is 1.74 bits per heavy atom. The van der Waals surface area contributed by atoms with Gasteiger partial charge < -0.3 is 14.7 Å². The molecule has 0 saturated carbocycles. The monoisotopic (exact) mass is 313 g/mol. The van der Waals surface area contributed by atoms with E-state index in [1.165, 1.54) is 5.56 Å². The largest absolute Gasteiger partial charge is 0.478 e. The van der Waals surface area contributed by atoms with Gasteiger partial charge in [-0.05, 0) is 36.7 Å². The lowest BCUT2D eigenvalue weighted by Gasteiger charge is -2.16. The number of rotatable bonds is 9. The third-order valence-electron chi connectivity index (χ3n) is 3.59. The predicted molar refractivity (Wildman–Crippen MR) is 90.5 cm³/mol. The highest BCUT2D eigenvalue weighted by molar-refractivity contribution is 5.87. The summed E-state index contributed by atoms with van der Waals surface area (Å²) in [6, 6.07) is 17.2. The Hall–Kier alpha value is -2.17. The molecule has 2 aromatic carbocycles. The van der Waals surface area contributed by atoms with Crippen molar-refractivity contribution in [3.8, 4) is 0 Å². The standard InChI is InChI=1S/C19H23NO3/c1-20(14-16-8-10-18(11-9-16)19(21)22)12-5-13-23-15-17-6-3-2-4-7-17/h2-4,6-11H,5,12-15H2,1H3,(H,21,22). The first-order valence-electron chi connectivity index (χ1n) is 7.77. The Balaban J connectivity index is 1.63. The maximum Gasteiger partial charge on any atom is 0.335 e. The molecule has 1 N–H and O–H groups in total. The molecule has 0 spiro atoms. The fourth-order valence-electron chi connectivity index (χ4n) is 2.34. The molecule has 0 radical (unpaired) electrons. The molecule has 0 fully saturated rings. The number of benzene rings is 2. The summed E-state index contributed by atoms with van der Waals surface area (Å²) in [6.07, 6.45) is 0.969. The Morgan fingerprint density at radius 1 is 1.04 bits per heavy atom. The Morgan fingerprint density at radius 3 is 2.39 bits per heavy atom. The van der Waals surface area contributed by atoms with Crippen molar-refractivity contribution in [1.82, 2.24) is 4.90 Å². The van der Waals surface area contributed by atoms with Crippen LogP contribution in [0.3, 0.4) is 0 Å². The Bertz CT molecular complexity index is 596. The zero-order valence-corrected chi connectivity index (χ0v) is 13.4. The van der Waals surface area contributed by atoms with Crippen molar-refractivity contribution in [2.24, 2.45) is 0 Å². The minimum absolute atomic E-state index is 0.325. The molecule has 0 heterocycles. The smallest absolute Gasteiger partial charge is 0.335 e. The molecule has 0 saturated heterocycles. The van der Waals surface area contributed by atoms with Crippen molar-refractivity contribution >= 4 is 5.97 Å². The lowest BCUT2D eigenvalue weighted by molar-refractivity contribution is 0.0697. The fraction of sp³-hybridized carbons (Fsp3) is 0.316. The van der Waals surface area contributed by atoms with E-state index in [1.807, 2.05) is 30.3 Å². The van der Waals surface area contributed by atoms with Gasteiger partial charge in [0.15, 0.2) is 0 Å². The summed E-state index contributed by atoms with van der Waals surface area (Å²) in [5.41, 5.74) is 2.63. The van der Waals surface area contributed by atoms with Gasteiger partial charge in [-0.2, -0.15) is 0 Å². The second-order valence-electron chi connectivity index (χ2n) is 5.63. The van der Waals surface area contributed by atoms with Gasteiger partial charge in [-0.3, -0.25) is 0 Å². The van der Waals surface area contributed by atoms with Crippen LogP contribution < -0.4 is 0 Å². The lowest BCUT2D eigenvalue weighted by Crippen LogP contribution is -2.20. The molecule has 4 nitrogen and oxygen atoms in total. The summed E-state index contributed by atoms with van der Waals surface area (Å²) in [5, 5.41) is 8.88. The zero-order valence-electron chi connectivity index (χ0n) is 13.4. The van der Waals surface area contributed by atoms with Gasteiger partial charge >= 0.3 is 5.97 Å².